The van der Waals surface area contributed by atoms with E-state index in [1.807, 2.05) is 6.20 Å². The van der Waals surface area contributed by atoms with Gasteiger partial charge in [0.25, 0.3) is 5.91 Å². The van der Waals surface area contributed by atoms with E-state index >= 15 is 0 Å². The van der Waals surface area contributed by atoms with Crippen LogP contribution in [0.5, 0.6) is 0 Å². The van der Waals surface area contributed by atoms with Crippen LogP contribution in [0.2, 0.25) is 0 Å². The van der Waals surface area contributed by atoms with E-state index in [1.165, 1.54) is 17.7 Å². The predicted octanol–water partition coefficient (Wildman–Crippen LogP) is 3.86. The van der Waals surface area contributed by atoms with Crippen LogP contribution in [0, 0.1) is 5.82 Å². The molecule has 1 aromatic carbocycles. The molecule has 2 atom stereocenters. The Hall–Kier alpha value is -3.36. The van der Waals surface area contributed by atoms with Gasteiger partial charge in [-0.15, -0.1) is 0 Å². The third-order valence-corrected chi connectivity index (χ3v) is 7.22. The number of hydrogen-bond donors (Lipinski definition) is 2. The van der Waals surface area contributed by atoms with Crippen LogP contribution < -0.4 is 15.5 Å². The van der Waals surface area contributed by atoms with Gasteiger partial charge in [-0.3, -0.25) is 14.7 Å². The van der Waals surface area contributed by atoms with Crippen molar-refractivity contribution < 1.29 is 9.18 Å². The van der Waals surface area contributed by atoms with Gasteiger partial charge in [0, 0.05) is 86.1 Å². The van der Waals surface area contributed by atoms with E-state index < -0.39 is 0 Å². The molecule has 7 nitrogen and oxygen atoms in total. The van der Waals surface area contributed by atoms with Crippen molar-refractivity contribution >= 4 is 11.7 Å². The number of amides is 1. The van der Waals surface area contributed by atoms with E-state index in [2.05, 4.69) is 51.4 Å². The number of rotatable bonds is 6. The summed E-state index contributed by atoms with van der Waals surface area (Å²) in [6.07, 6.45) is 7.00. The third-order valence-electron chi connectivity index (χ3n) is 7.22. The number of pyridine rings is 2. The number of piperidine rings is 1. The fourth-order valence-electron chi connectivity index (χ4n) is 5.38. The Morgan fingerprint density at radius 3 is 2.54 bits per heavy atom. The van der Waals surface area contributed by atoms with Gasteiger partial charge in [0.05, 0.1) is 0 Å². The van der Waals surface area contributed by atoms with E-state index in [0.29, 0.717) is 28.8 Å². The largest absolute Gasteiger partial charge is 0.354 e. The molecule has 5 rings (SSSR count). The van der Waals surface area contributed by atoms with Crippen LogP contribution in [0.4, 0.5) is 10.2 Å². The number of benzene rings is 1. The van der Waals surface area contributed by atoms with E-state index in [1.54, 1.807) is 30.6 Å². The fourth-order valence-corrected chi connectivity index (χ4v) is 5.38. The van der Waals surface area contributed by atoms with Gasteiger partial charge in [0.2, 0.25) is 0 Å². The summed E-state index contributed by atoms with van der Waals surface area (Å²) < 4.78 is 14.4. The zero-order chi connectivity index (χ0) is 25.8. The number of likely N-dealkylation sites (tertiary alicyclic amines) is 1. The molecule has 0 radical (unpaired) electrons. The topological polar surface area (TPSA) is 73.4 Å². The van der Waals surface area contributed by atoms with Crippen molar-refractivity contribution in [3.63, 3.8) is 0 Å². The Morgan fingerprint density at radius 2 is 1.86 bits per heavy atom. The summed E-state index contributed by atoms with van der Waals surface area (Å²) in [5.41, 5.74) is 2.71. The first-order valence-electron chi connectivity index (χ1n) is 13.1. The first-order valence-corrected chi connectivity index (χ1v) is 13.1. The van der Waals surface area contributed by atoms with Crippen molar-refractivity contribution in [3.05, 3.63) is 78.0 Å². The number of carbonyl (C=O) groups excluding carboxylic acids is 1. The number of piperazine rings is 1. The number of nitrogens with one attached hydrogen (secondary N) is 2. The van der Waals surface area contributed by atoms with Crippen LogP contribution in [0.25, 0.3) is 11.1 Å². The minimum atomic E-state index is -0.363. The third kappa shape index (κ3) is 6.32. The lowest BCUT2D eigenvalue weighted by Gasteiger charge is -2.37. The Labute approximate surface area is 218 Å². The molecule has 4 heterocycles. The van der Waals surface area contributed by atoms with Crippen LogP contribution in [0.1, 0.15) is 42.6 Å². The second-order valence-electron chi connectivity index (χ2n) is 10.4. The van der Waals surface area contributed by atoms with Crippen molar-refractivity contribution in [2.75, 3.05) is 31.1 Å². The van der Waals surface area contributed by atoms with Gasteiger partial charge in [-0.1, -0.05) is 12.1 Å². The molecule has 2 unspecified atom stereocenters. The molecule has 0 bridgehead atoms. The molecule has 0 spiro atoms. The van der Waals surface area contributed by atoms with Crippen LogP contribution in [-0.2, 0) is 6.54 Å². The number of halogens is 1. The highest BCUT2D eigenvalue weighted by Gasteiger charge is 2.23. The van der Waals surface area contributed by atoms with E-state index in [4.69, 9.17) is 4.98 Å². The second kappa shape index (κ2) is 11.4. The SMILES string of the molecule is CC1CN(c2ccc(CN3CCC(NC(=O)c4ccc(F)c(-c5cccnc5)c4)CC3)cn2)CC(C)N1. The molecule has 0 saturated carbocycles. The quantitative estimate of drug-likeness (QED) is 0.533. The highest BCUT2D eigenvalue weighted by atomic mass is 19.1. The molecular weight excluding hydrogens is 467 g/mol. The van der Waals surface area contributed by atoms with Gasteiger partial charge in [0.15, 0.2) is 0 Å². The van der Waals surface area contributed by atoms with Gasteiger partial charge < -0.3 is 15.5 Å². The summed E-state index contributed by atoms with van der Waals surface area (Å²) >= 11 is 0. The standard InChI is InChI=1S/C29H35FN6O/c1-20-17-36(18-21(2)33-20)28-8-5-22(15-32-28)19-35-12-9-25(10-13-35)34-29(37)23-6-7-27(30)26(14-23)24-4-3-11-31-16-24/h3-8,11,14-16,20-21,25,33H,9-10,12-13,17-19H2,1-2H3,(H,34,37). The van der Waals surface area contributed by atoms with E-state index in [-0.39, 0.29) is 17.8 Å². The molecule has 1 amide bonds. The zero-order valence-electron chi connectivity index (χ0n) is 21.5. The maximum absolute atomic E-state index is 14.4. The van der Waals surface area contributed by atoms with Crippen molar-refractivity contribution in [1.29, 1.82) is 0 Å². The summed E-state index contributed by atoms with van der Waals surface area (Å²) in [5, 5.41) is 6.70. The number of aromatic nitrogens is 2. The first-order chi connectivity index (χ1) is 17.9. The summed E-state index contributed by atoms with van der Waals surface area (Å²) in [6.45, 7) is 9.03. The molecule has 194 valence electrons. The Morgan fingerprint density at radius 1 is 1.08 bits per heavy atom. The molecule has 37 heavy (non-hydrogen) atoms. The summed E-state index contributed by atoms with van der Waals surface area (Å²) in [5.74, 6) is 0.509. The average Bonchev–Trinajstić information content (AvgIpc) is 2.90. The van der Waals surface area contributed by atoms with Crippen molar-refractivity contribution in [1.82, 2.24) is 25.5 Å². The molecule has 2 aliphatic heterocycles. The molecule has 2 aromatic heterocycles. The summed E-state index contributed by atoms with van der Waals surface area (Å²) in [7, 11) is 0. The van der Waals surface area contributed by atoms with Crippen molar-refractivity contribution in [2.24, 2.45) is 0 Å². The first kappa shape index (κ1) is 25.3. The molecule has 2 N–H and O–H groups in total. The molecule has 8 heteroatoms. The van der Waals surface area contributed by atoms with Gasteiger partial charge in [-0.05, 0) is 62.6 Å². The van der Waals surface area contributed by atoms with Gasteiger partial charge in [0.1, 0.15) is 11.6 Å². The number of carbonyl (C=O) groups is 1. The number of hydrogen-bond acceptors (Lipinski definition) is 6. The molecule has 2 aliphatic rings. The molecule has 0 aliphatic carbocycles. The van der Waals surface area contributed by atoms with Crippen LogP contribution in [0.15, 0.2) is 61.1 Å². The lowest BCUT2D eigenvalue weighted by atomic mass is 10.0. The van der Waals surface area contributed by atoms with Crippen LogP contribution in [0.3, 0.4) is 0 Å². The molecular formula is C29H35FN6O. The maximum Gasteiger partial charge on any atom is 0.251 e. The minimum absolute atomic E-state index is 0.104. The Kier molecular flexibility index (Phi) is 7.76. The second-order valence-corrected chi connectivity index (χ2v) is 10.4. The fraction of sp³-hybridized carbons (Fsp3) is 0.414. The monoisotopic (exact) mass is 502 g/mol. The Balaban J connectivity index is 1.12. The summed E-state index contributed by atoms with van der Waals surface area (Å²) in [4.78, 5) is 26.5. The normalized spacial score (nSPS) is 21.1. The molecule has 2 fully saturated rings. The van der Waals surface area contributed by atoms with Crippen LogP contribution in [-0.4, -0.2) is 65.1 Å². The van der Waals surface area contributed by atoms with E-state index in [9.17, 15) is 9.18 Å². The number of nitrogens with zero attached hydrogens (tertiary/aromatic N) is 4. The van der Waals surface area contributed by atoms with Gasteiger partial charge in [-0.2, -0.15) is 0 Å². The molecule has 3 aromatic rings. The zero-order valence-corrected chi connectivity index (χ0v) is 21.5. The van der Waals surface area contributed by atoms with Crippen molar-refractivity contribution in [3.8, 4) is 11.1 Å². The maximum atomic E-state index is 14.4. The Bertz CT molecular complexity index is 1190. The summed E-state index contributed by atoms with van der Waals surface area (Å²) in [6, 6.07) is 13.4. The highest BCUT2D eigenvalue weighted by Crippen LogP contribution is 2.24. The van der Waals surface area contributed by atoms with E-state index in [0.717, 1.165) is 51.4 Å². The molecule has 2 saturated heterocycles. The minimum Gasteiger partial charge on any atom is -0.354 e. The van der Waals surface area contributed by atoms with Crippen molar-refractivity contribution in [2.45, 2.75) is 51.4 Å². The lowest BCUT2D eigenvalue weighted by molar-refractivity contribution is 0.0909. The van der Waals surface area contributed by atoms with Gasteiger partial charge in [-0.25, -0.2) is 9.37 Å². The van der Waals surface area contributed by atoms with Gasteiger partial charge >= 0.3 is 0 Å². The average molecular weight is 503 g/mol. The lowest BCUT2D eigenvalue weighted by Crippen LogP contribution is -2.54. The van der Waals surface area contributed by atoms with Crippen LogP contribution >= 0.6 is 0 Å². The smallest absolute Gasteiger partial charge is 0.251 e. The number of anilines is 1. The highest BCUT2D eigenvalue weighted by molar-refractivity contribution is 5.95. The predicted molar refractivity (Wildman–Crippen MR) is 144 cm³/mol.